The Kier molecular flexibility index (Phi) is 5.44. The van der Waals surface area contributed by atoms with Gasteiger partial charge < -0.3 is 4.90 Å². The number of hydrogen-bond acceptors (Lipinski definition) is 5. The first kappa shape index (κ1) is 20.0. The number of carbonyl (C=O) groups is 2. The summed E-state index contributed by atoms with van der Waals surface area (Å²) in [5.74, 6) is -0.0735. The number of benzene rings is 1. The normalized spacial score (nSPS) is 18.0. The molecule has 1 fully saturated rings. The number of aromatic nitrogens is 1. The van der Waals surface area contributed by atoms with Gasteiger partial charge in [-0.1, -0.05) is 0 Å². The molecule has 1 amide bonds. The zero-order valence-corrected chi connectivity index (χ0v) is 16.5. The van der Waals surface area contributed by atoms with Gasteiger partial charge in [0.25, 0.3) is 5.91 Å². The lowest BCUT2D eigenvalue weighted by atomic mass is 10.0. The maximum absolute atomic E-state index is 12.7. The van der Waals surface area contributed by atoms with E-state index < -0.39 is 11.7 Å². The van der Waals surface area contributed by atoms with Crippen LogP contribution in [-0.2, 0) is 19.1 Å². The van der Waals surface area contributed by atoms with Gasteiger partial charge in [-0.2, -0.15) is 13.2 Å². The number of nitrogens with zero attached hydrogens (tertiary/aromatic N) is 3. The molecule has 9 heteroatoms. The van der Waals surface area contributed by atoms with Crippen LogP contribution in [0.1, 0.15) is 49.1 Å². The maximum atomic E-state index is 12.7. The van der Waals surface area contributed by atoms with Crippen LogP contribution >= 0.6 is 11.3 Å². The van der Waals surface area contributed by atoms with Crippen molar-refractivity contribution in [1.29, 1.82) is 0 Å². The highest BCUT2D eigenvalue weighted by molar-refractivity contribution is 7.13. The van der Waals surface area contributed by atoms with Gasteiger partial charge in [0.1, 0.15) is 5.01 Å². The fourth-order valence-electron chi connectivity index (χ4n) is 3.67. The van der Waals surface area contributed by atoms with Crippen LogP contribution in [0.3, 0.4) is 0 Å². The standard InChI is InChI=1S/C20H20F3N3O2S/c21-20(22,23)14-6-4-13(5-7-14)19(28)26-10-8-25(9-11-26)12-17-24-15-2-1-3-16(27)18(15)29-17/h4-7H,1-3,8-12H2. The van der Waals surface area contributed by atoms with E-state index in [1.807, 2.05) is 0 Å². The number of hydrogen-bond donors (Lipinski definition) is 0. The minimum atomic E-state index is -4.41. The van der Waals surface area contributed by atoms with Crippen LogP contribution in [0.15, 0.2) is 24.3 Å². The Morgan fingerprint density at radius 1 is 1.07 bits per heavy atom. The van der Waals surface area contributed by atoms with Crippen molar-refractivity contribution in [3.05, 3.63) is 51.0 Å². The second-order valence-electron chi connectivity index (χ2n) is 7.30. The van der Waals surface area contributed by atoms with E-state index in [0.29, 0.717) is 39.1 Å². The number of halogens is 3. The van der Waals surface area contributed by atoms with Crippen molar-refractivity contribution in [2.24, 2.45) is 0 Å². The van der Waals surface area contributed by atoms with E-state index >= 15 is 0 Å². The maximum Gasteiger partial charge on any atom is 0.416 e. The first-order valence-electron chi connectivity index (χ1n) is 9.52. The quantitative estimate of drug-likeness (QED) is 0.757. The van der Waals surface area contributed by atoms with Crippen molar-refractivity contribution in [1.82, 2.24) is 14.8 Å². The van der Waals surface area contributed by atoms with E-state index in [1.165, 1.54) is 23.5 Å². The van der Waals surface area contributed by atoms with Crippen molar-refractivity contribution in [2.75, 3.05) is 26.2 Å². The number of aryl methyl sites for hydroxylation is 1. The molecule has 1 aliphatic carbocycles. The van der Waals surface area contributed by atoms with Gasteiger partial charge in [0.15, 0.2) is 5.78 Å². The Hall–Kier alpha value is -2.26. The Morgan fingerprint density at radius 2 is 1.76 bits per heavy atom. The number of Topliss-reactive ketones (excluding diaryl/α,β-unsaturated/α-hetero) is 1. The Labute approximate surface area is 170 Å². The molecule has 2 aromatic rings. The number of ketones is 1. The third-order valence-electron chi connectivity index (χ3n) is 5.29. The van der Waals surface area contributed by atoms with Crippen molar-refractivity contribution in [3.63, 3.8) is 0 Å². The van der Waals surface area contributed by atoms with Crippen LogP contribution < -0.4 is 0 Å². The Balaban J connectivity index is 1.33. The molecule has 0 radical (unpaired) electrons. The number of amides is 1. The van der Waals surface area contributed by atoms with Gasteiger partial charge in [-0.05, 0) is 37.1 Å². The van der Waals surface area contributed by atoms with Crippen LogP contribution in [0, 0.1) is 0 Å². The van der Waals surface area contributed by atoms with E-state index in [0.717, 1.165) is 40.6 Å². The van der Waals surface area contributed by atoms with Crippen molar-refractivity contribution >= 4 is 23.0 Å². The van der Waals surface area contributed by atoms with Crippen molar-refractivity contribution in [3.8, 4) is 0 Å². The number of rotatable bonds is 3. The lowest BCUT2D eigenvalue weighted by Crippen LogP contribution is -2.48. The average Bonchev–Trinajstić information content (AvgIpc) is 3.11. The Bertz CT molecular complexity index is 916. The van der Waals surface area contributed by atoms with Crippen LogP contribution in [0.2, 0.25) is 0 Å². The number of alkyl halides is 3. The minimum Gasteiger partial charge on any atom is -0.336 e. The van der Waals surface area contributed by atoms with Crippen LogP contribution in [-0.4, -0.2) is 52.7 Å². The highest BCUT2D eigenvalue weighted by atomic mass is 32.1. The molecule has 0 bridgehead atoms. The first-order valence-corrected chi connectivity index (χ1v) is 10.3. The van der Waals surface area contributed by atoms with Gasteiger partial charge >= 0.3 is 6.18 Å². The number of fused-ring (bicyclic) bond motifs is 1. The molecule has 29 heavy (non-hydrogen) atoms. The van der Waals surface area contributed by atoms with Gasteiger partial charge in [-0.15, -0.1) is 11.3 Å². The van der Waals surface area contributed by atoms with Crippen molar-refractivity contribution in [2.45, 2.75) is 32.0 Å². The summed E-state index contributed by atoms with van der Waals surface area (Å²) in [6.07, 6.45) is -2.10. The molecular formula is C20H20F3N3O2S. The molecule has 4 rings (SSSR count). The summed E-state index contributed by atoms with van der Waals surface area (Å²) < 4.78 is 38.0. The minimum absolute atomic E-state index is 0.182. The molecule has 0 saturated carbocycles. The summed E-state index contributed by atoms with van der Waals surface area (Å²) in [4.78, 5) is 33.8. The van der Waals surface area contributed by atoms with Gasteiger partial charge in [-0.3, -0.25) is 14.5 Å². The smallest absolute Gasteiger partial charge is 0.336 e. The molecule has 1 aromatic carbocycles. The summed E-state index contributed by atoms with van der Waals surface area (Å²) in [5.41, 5.74) is 0.415. The highest BCUT2D eigenvalue weighted by Gasteiger charge is 2.31. The molecule has 0 unspecified atom stereocenters. The third kappa shape index (κ3) is 4.35. The lowest BCUT2D eigenvalue weighted by molar-refractivity contribution is -0.137. The second-order valence-corrected chi connectivity index (χ2v) is 8.39. The first-order chi connectivity index (χ1) is 13.8. The molecule has 2 heterocycles. The summed E-state index contributed by atoms with van der Waals surface area (Å²) in [6, 6.07) is 4.34. The topological polar surface area (TPSA) is 53.5 Å². The van der Waals surface area contributed by atoms with E-state index in [9.17, 15) is 22.8 Å². The molecule has 2 aliphatic rings. The average molecular weight is 423 g/mol. The summed E-state index contributed by atoms with van der Waals surface area (Å²) in [6.45, 7) is 2.97. The predicted molar refractivity (Wildman–Crippen MR) is 102 cm³/mol. The van der Waals surface area contributed by atoms with Gasteiger partial charge in [0.05, 0.1) is 22.7 Å². The fourth-order valence-corrected chi connectivity index (χ4v) is 4.79. The number of piperazine rings is 1. The second kappa shape index (κ2) is 7.87. The fraction of sp³-hybridized carbons (Fsp3) is 0.450. The molecular weight excluding hydrogens is 403 g/mol. The molecule has 0 atom stereocenters. The van der Waals surface area contributed by atoms with E-state index in [2.05, 4.69) is 9.88 Å². The van der Waals surface area contributed by atoms with E-state index in [4.69, 9.17) is 0 Å². The zero-order chi connectivity index (χ0) is 20.6. The van der Waals surface area contributed by atoms with Crippen LogP contribution in [0.4, 0.5) is 13.2 Å². The monoisotopic (exact) mass is 423 g/mol. The predicted octanol–water partition coefficient (Wildman–Crippen LogP) is 3.64. The van der Waals surface area contributed by atoms with Gasteiger partial charge in [0, 0.05) is 38.2 Å². The third-order valence-corrected chi connectivity index (χ3v) is 6.41. The molecule has 5 nitrogen and oxygen atoms in total. The summed E-state index contributed by atoms with van der Waals surface area (Å²) in [5, 5.41) is 0.924. The Morgan fingerprint density at radius 3 is 2.38 bits per heavy atom. The summed E-state index contributed by atoms with van der Waals surface area (Å²) in [7, 11) is 0. The SMILES string of the molecule is O=C1CCCc2nc(CN3CCN(C(=O)c4ccc(C(F)(F)F)cc4)CC3)sc21. The molecule has 1 aliphatic heterocycles. The molecule has 0 N–H and O–H groups in total. The van der Waals surface area contributed by atoms with Gasteiger partial charge in [0.2, 0.25) is 0 Å². The van der Waals surface area contributed by atoms with E-state index in [-0.39, 0.29) is 17.3 Å². The lowest BCUT2D eigenvalue weighted by Gasteiger charge is -2.34. The molecule has 0 spiro atoms. The van der Waals surface area contributed by atoms with E-state index in [1.54, 1.807) is 4.90 Å². The van der Waals surface area contributed by atoms with Crippen LogP contribution in [0.5, 0.6) is 0 Å². The van der Waals surface area contributed by atoms with Gasteiger partial charge in [-0.25, -0.2) is 4.98 Å². The number of thiazole rings is 1. The zero-order valence-electron chi connectivity index (χ0n) is 15.7. The molecule has 1 saturated heterocycles. The molecule has 154 valence electrons. The molecule has 1 aromatic heterocycles. The van der Waals surface area contributed by atoms with Crippen LogP contribution in [0.25, 0.3) is 0 Å². The summed E-state index contributed by atoms with van der Waals surface area (Å²) >= 11 is 1.47. The van der Waals surface area contributed by atoms with Crippen molar-refractivity contribution < 1.29 is 22.8 Å². The largest absolute Gasteiger partial charge is 0.416 e. The number of carbonyl (C=O) groups excluding carboxylic acids is 2. The highest BCUT2D eigenvalue weighted by Crippen LogP contribution is 2.30.